The second kappa shape index (κ2) is 6.66. The van der Waals surface area contributed by atoms with Crippen molar-refractivity contribution in [3.63, 3.8) is 0 Å². The molecule has 1 aromatic heterocycles. The zero-order chi connectivity index (χ0) is 12.8. The number of carbonyl (C=O) groups excluding carboxylic acids is 1. The van der Waals surface area contributed by atoms with E-state index in [2.05, 4.69) is 10.5 Å². The van der Waals surface area contributed by atoms with Crippen molar-refractivity contribution in [3.05, 3.63) is 17.0 Å². The van der Waals surface area contributed by atoms with Gasteiger partial charge in [0.2, 0.25) is 5.91 Å². The number of aliphatic hydroxyl groups is 1. The maximum Gasteiger partial charge on any atom is 0.230 e. The van der Waals surface area contributed by atoms with E-state index in [1.54, 1.807) is 6.92 Å². The van der Waals surface area contributed by atoms with Crippen LogP contribution in [-0.4, -0.2) is 34.6 Å². The second-order valence-corrected chi connectivity index (χ2v) is 4.93. The molecular formula is C11H18N2O3S. The van der Waals surface area contributed by atoms with Crippen molar-refractivity contribution in [2.75, 3.05) is 12.3 Å². The fourth-order valence-corrected chi connectivity index (χ4v) is 2.27. The van der Waals surface area contributed by atoms with Gasteiger partial charge in [0.05, 0.1) is 17.6 Å². The summed E-state index contributed by atoms with van der Waals surface area (Å²) in [6.45, 7) is 5.69. The number of aliphatic hydroxyl groups excluding tert-OH is 1. The smallest absolute Gasteiger partial charge is 0.230 e. The molecule has 1 atom stereocenters. The minimum Gasteiger partial charge on any atom is -0.392 e. The van der Waals surface area contributed by atoms with Crippen LogP contribution in [0.4, 0.5) is 0 Å². The molecule has 2 N–H and O–H groups in total. The van der Waals surface area contributed by atoms with Gasteiger partial charge in [0.25, 0.3) is 0 Å². The van der Waals surface area contributed by atoms with Crippen LogP contribution in [0.2, 0.25) is 0 Å². The highest BCUT2D eigenvalue weighted by Gasteiger charge is 2.10. The molecule has 1 heterocycles. The van der Waals surface area contributed by atoms with Crippen molar-refractivity contribution >= 4 is 17.7 Å². The zero-order valence-corrected chi connectivity index (χ0v) is 11.1. The van der Waals surface area contributed by atoms with E-state index in [4.69, 9.17) is 9.63 Å². The first-order chi connectivity index (χ1) is 8.00. The topological polar surface area (TPSA) is 75.4 Å². The number of hydrogen-bond donors (Lipinski definition) is 2. The molecule has 0 bridgehead atoms. The first kappa shape index (κ1) is 14.1. The molecule has 1 aromatic rings. The van der Waals surface area contributed by atoms with Crippen molar-refractivity contribution in [1.29, 1.82) is 0 Å². The number of rotatable bonds is 6. The average Bonchev–Trinajstić information content (AvgIpc) is 2.57. The Kier molecular flexibility index (Phi) is 5.50. The molecule has 0 fully saturated rings. The summed E-state index contributed by atoms with van der Waals surface area (Å²) in [5.74, 6) is 1.82. The number of hydrogen-bond acceptors (Lipinski definition) is 5. The van der Waals surface area contributed by atoms with Gasteiger partial charge in [-0.2, -0.15) is 0 Å². The summed E-state index contributed by atoms with van der Waals surface area (Å²) in [7, 11) is 0. The lowest BCUT2D eigenvalue weighted by Gasteiger charge is -2.06. The van der Waals surface area contributed by atoms with E-state index in [-0.39, 0.29) is 5.91 Å². The Labute approximate surface area is 105 Å². The van der Waals surface area contributed by atoms with Gasteiger partial charge in [0.15, 0.2) is 0 Å². The molecule has 1 rings (SSSR count). The average molecular weight is 258 g/mol. The summed E-state index contributed by atoms with van der Waals surface area (Å²) in [6.07, 6.45) is -0.508. The summed E-state index contributed by atoms with van der Waals surface area (Å²) >= 11 is 1.51. The lowest BCUT2D eigenvalue weighted by molar-refractivity contribution is -0.118. The highest BCUT2D eigenvalue weighted by molar-refractivity contribution is 7.99. The van der Waals surface area contributed by atoms with E-state index in [0.29, 0.717) is 18.1 Å². The molecule has 1 unspecified atom stereocenters. The SMILES string of the molecule is Cc1noc(C)c1CSCC(=O)NCC(C)O. The fourth-order valence-electron chi connectivity index (χ4n) is 1.27. The highest BCUT2D eigenvalue weighted by atomic mass is 32.2. The van der Waals surface area contributed by atoms with Crippen molar-refractivity contribution in [2.45, 2.75) is 32.6 Å². The van der Waals surface area contributed by atoms with Crippen molar-refractivity contribution < 1.29 is 14.4 Å². The van der Waals surface area contributed by atoms with E-state index in [1.807, 2.05) is 13.8 Å². The van der Waals surface area contributed by atoms with Crippen LogP contribution in [0, 0.1) is 13.8 Å². The number of carbonyl (C=O) groups is 1. The third-order valence-electron chi connectivity index (χ3n) is 2.26. The van der Waals surface area contributed by atoms with Gasteiger partial charge >= 0.3 is 0 Å². The molecule has 0 saturated heterocycles. The van der Waals surface area contributed by atoms with Crippen LogP contribution < -0.4 is 5.32 Å². The molecule has 0 aromatic carbocycles. The molecule has 0 aliphatic heterocycles. The van der Waals surface area contributed by atoms with Crippen LogP contribution in [0.25, 0.3) is 0 Å². The minimum atomic E-state index is -0.508. The largest absolute Gasteiger partial charge is 0.392 e. The standard InChI is InChI=1S/C11H18N2O3S/c1-7(14)4-12-11(15)6-17-5-10-8(2)13-16-9(10)3/h7,14H,4-6H2,1-3H3,(H,12,15). The monoisotopic (exact) mass is 258 g/mol. The molecule has 0 aliphatic carbocycles. The quantitative estimate of drug-likeness (QED) is 0.797. The molecule has 96 valence electrons. The number of amides is 1. The summed E-state index contributed by atoms with van der Waals surface area (Å²) < 4.78 is 5.03. The Morgan fingerprint density at radius 2 is 2.29 bits per heavy atom. The molecule has 0 saturated carbocycles. The lowest BCUT2D eigenvalue weighted by Crippen LogP contribution is -2.31. The maximum absolute atomic E-state index is 11.4. The third-order valence-corrected chi connectivity index (χ3v) is 3.21. The van der Waals surface area contributed by atoms with E-state index in [0.717, 1.165) is 17.0 Å². The maximum atomic E-state index is 11.4. The Morgan fingerprint density at radius 3 is 2.82 bits per heavy atom. The van der Waals surface area contributed by atoms with Gasteiger partial charge in [-0.25, -0.2) is 0 Å². The van der Waals surface area contributed by atoms with Gasteiger partial charge in [-0.15, -0.1) is 11.8 Å². The number of nitrogens with zero attached hydrogens (tertiary/aromatic N) is 1. The van der Waals surface area contributed by atoms with Gasteiger partial charge in [0.1, 0.15) is 5.76 Å². The molecule has 6 heteroatoms. The number of aromatic nitrogens is 1. The normalized spacial score (nSPS) is 12.5. The number of aryl methyl sites for hydroxylation is 2. The second-order valence-electron chi connectivity index (χ2n) is 3.95. The molecule has 5 nitrogen and oxygen atoms in total. The predicted octanol–water partition coefficient (Wildman–Crippen LogP) is 1.02. The predicted molar refractivity (Wildman–Crippen MR) is 66.8 cm³/mol. The van der Waals surface area contributed by atoms with Crippen molar-refractivity contribution in [3.8, 4) is 0 Å². The Bertz CT molecular complexity index is 357. The molecular weight excluding hydrogens is 240 g/mol. The summed E-state index contributed by atoms with van der Waals surface area (Å²) in [5, 5.41) is 15.5. The Balaban J connectivity index is 2.26. The molecule has 17 heavy (non-hydrogen) atoms. The highest BCUT2D eigenvalue weighted by Crippen LogP contribution is 2.19. The van der Waals surface area contributed by atoms with E-state index in [1.165, 1.54) is 11.8 Å². The van der Waals surface area contributed by atoms with Crippen molar-refractivity contribution in [2.24, 2.45) is 0 Å². The van der Waals surface area contributed by atoms with Crippen LogP contribution in [-0.2, 0) is 10.5 Å². The Hall–Kier alpha value is -1.01. The summed E-state index contributed by atoms with van der Waals surface area (Å²) in [6, 6.07) is 0. The van der Waals surface area contributed by atoms with Crippen LogP contribution in [0.1, 0.15) is 23.9 Å². The number of thioether (sulfide) groups is 1. The summed E-state index contributed by atoms with van der Waals surface area (Å²) in [4.78, 5) is 11.4. The van der Waals surface area contributed by atoms with E-state index in [9.17, 15) is 4.79 Å². The van der Waals surface area contributed by atoms with Gasteiger partial charge in [-0.3, -0.25) is 4.79 Å². The molecule has 0 spiro atoms. The molecule has 0 radical (unpaired) electrons. The van der Waals surface area contributed by atoms with E-state index >= 15 is 0 Å². The molecule has 1 amide bonds. The van der Waals surface area contributed by atoms with Gasteiger partial charge < -0.3 is 14.9 Å². The van der Waals surface area contributed by atoms with Crippen LogP contribution in [0.3, 0.4) is 0 Å². The van der Waals surface area contributed by atoms with Gasteiger partial charge in [-0.1, -0.05) is 5.16 Å². The van der Waals surface area contributed by atoms with Crippen molar-refractivity contribution in [1.82, 2.24) is 10.5 Å². The van der Waals surface area contributed by atoms with Crippen LogP contribution in [0.15, 0.2) is 4.52 Å². The first-order valence-electron chi connectivity index (χ1n) is 5.45. The van der Waals surface area contributed by atoms with Crippen LogP contribution >= 0.6 is 11.8 Å². The summed E-state index contributed by atoms with van der Waals surface area (Å²) in [5.41, 5.74) is 1.93. The minimum absolute atomic E-state index is 0.0670. The fraction of sp³-hybridized carbons (Fsp3) is 0.636. The van der Waals surface area contributed by atoms with Gasteiger partial charge in [0, 0.05) is 17.9 Å². The van der Waals surface area contributed by atoms with Gasteiger partial charge in [-0.05, 0) is 20.8 Å². The molecule has 0 aliphatic rings. The zero-order valence-electron chi connectivity index (χ0n) is 10.3. The lowest BCUT2D eigenvalue weighted by atomic mass is 10.2. The first-order valence-corrected chi connectivity index (χ1v) is 6.60. The third kappa shape index (κ3) is 4.79. The Morgan fingerprint density at radius 1 is 1.59 bits per heavy atom. The van der Waals surface area contributed by atoms with Crippen LogP contribution in [0.5, 0.6) is 0 Å². The van der Waals surface area contributed by atoms with E-state index < -0.39 is 6.10 Å². The number of nitrogens with one attached hydrogen (secondary N) is 1.